The van der Waals surface area contributed by atoms with Gasteiger partial charge in [0.2, 0.25) is 0 Å². The second kappa shape index (κ2) is 5.03. The van der Waals surface area contributed by atoms with Crippen LogP contribution in [0.25, 0.3) is 10.9 Å². The molecule has 0 unspecified atom stereocenters. The van der Waals surface area contributed by atoms with Gasteiger partial charge in [0, 0.05) is 44.0 Å². The zero-order valence-electron chi connectivity index (χ0n) is 11.4. The van der Waals surface area contributed by atoms with Crippen LogP contribution in [0.5, 0.6) is 0 Å². The predicted molar refractivity (Wildman–Crippen MR) is 77.0 cm³/mol. The molecular formula is C14H18N4O2. The molecule has 1 aliphatic rings. The van der Waals surface area contributed by atoms with Crippen molar-refractivity contribution >= 4 is 22.8 Å². The monoisotopic (exact) mass is 274 g/mol. The summed E-state index contributed by atoms with van der Waals surface area (Å²) in [4.78, 5) is 16.9. The van der Waals surface area contributed by atoms with Crippen LogP contribution < -0.4 is 5.32 Å². The summed E-state index contributed by atoms with van der Waals surface area (Å²) in [6.07, 6.45) is 4.78. The Morgan fingerprint density at radius 1 is 1.50 bits per heavy atom. The minimum Gasteiger partial charge on any atom is -0.465 e. The van der Waals surface area contributed by atoms with Crippen LogP contribution in [-0.2, 0) is 7.05 Å². The summed E-state index contributed by atoms with van der Waals surface area (Å²) in [5.41, 5.74) is 1.06. The molecule has 2 aromatic heterocycles. The summed E-state index contributed by atoms with van der Waals surface area (Å²) in [7, 11) is 1.99. The normalized spacial score (nSPS) is 19.2. The number of carbonyl (C=O) groups is 1. The second-order valence-corrected chi connectivity index (χ2v) is 5.24. The third-order valence-corrected chi connectivity index (χ3v) is 3.82. The van der Waals surface area contributed by atoms with Gasteiger partial charge in [-0.3, -0.25) is 0 Å². The van der Waals surface area contributed by atoms with E-state index < -0.39 is 6.09 Å². The molecule has 0 radical (unpaired) electrons. The Hall–Kier alpha value is -2.24. The topological polar surface area (TPSA) is 70.4 Å². The molecule has 106 valence electrons. The van der Waals surface area contributed by atoms with E-state index in [1.807, 2.05) is 29.9 Å². The number of likely N-dealkylation sites (tertiary alicyclic amines) is 1. The molecule has 6 heteroatoms. The maximum absolute atomic E-state index is 11.1. The van der Waals surface area contributed by atoms with Gasteiger partial charge in [0.1, 0.15) is 0 Å². The first-order chi connectivity index (χ1) is 9.65. The van der Waals surface area contributed by atoms with Crippen molar-refractivity contribution < 1.29 is 9.90 Å². The molecule has 1 saturated heterocycles. The van der Waals surface area contributed by atoms with Crippen LogP contribution in [0.2, 0.25) is 0 Å². The van der Waals surface area contributed by atoms with Gasteiger partial charge in [-0.2, -0.15) is 0 Å². The van der Waals surface area contributed by atoms with Gasteiger partial charge >= 0.3 is 6.09 Å². The molecule has 1 atom stereocenters. The molecule has 1 aliphatic heterocycles. The molecule has 1 fully saturated rings. The zero-order valence-corrected chi connectivity index (χ0v) is 11.4. The molecule has 2 N–H and O–H groups in total. The number of rotatable bonds is 2. The Labute approximate surface area is 117 Å². The van der Waals surface area contributed by atoms with E-state index in [2.05, 4.69) is 10.3 Å². The fourth-order valence-corrected chi connectivity index (χ4v) is 2.81. The van der Waals surface area contributed by atoms with E-state index in [0.717, 1.165) is 29.6 Å². The highest BCUT2D eigenvalue weighted by molar-refractivity contribution is 5.89. The Morgan fingerprint density at radius 3 is 3.15 bits per heavy atom. The average Bonchev–Trinajstić information content (AvgIpc) is 2.82. The summed E-state index contributed by atoms with van der Waals surface area (Å²) >= 11 is 0. The number of aromatic nitrogens is 2. The van der Waals surface area contributed by atoms with Gasteiger partial charge in [-0.15, -0.1) is 0 Å². The lowest BCUT2D eigenvalue weighted by molar-refractivity contribution is 0.133. The number of fused-ring (bicyclic) bond motifs is 1. The quantitative estimate of drug-likeness (QED) is 0.880. The molecule has 3 rings (SSSR count). The van der Waals surface area contributed by atoms with Crippen molar-refractivity contribution in [3.63, 3.8) is 0 Å². The van der Waals surface area contributed by atoms with Gasteiger partial charge in [0.25, 0.3) is 0 Å². The molecule has 2 aromatic rings. The summed E-state index contributed by atoms with van der Waals surface area (Å²) in [6, 6.07) is 4.14. The molecule has 0 aliphatic carbocycles. The maximum Gasteiger partial charge on any atom is 0.407 e. The molecule has 0 saturated carbocycles. The predicted octanol–water partition coefficient (Wildman–Crippen LogP) is 2.13. The SMILES string of the molecule is Cn1ccc2ccnc(N[C@@H]3CCCN(C(=O)O)C3)c21. The number of anilines is 1. The first-order valence-electron chi connectivity index (χ1n) is 6.79. The van der Waals surface area contributed by atoms with Crippen molar-refractivity contribution in [2.45, 2.75) is 18.9 Å². The van der Waals surface area contributed by atoms with Crippen LogP contribution in [0.3, 0.4) is 0 Å². The van der Waals surface area contributed by atoms with E-state index in [-0.39, 0.29) is 6.04 Å². The largest absolute Gasteiger partial charge is 0.465 e. The number of pyridine rings is 1. The van der Waals surface area contributed by atoms with Crippen LogP contribution in [-0.4, -0.2) is 44.8 Å². The van der Waals surface area contributed by atoms with Crippen LogP contribution >= 0.6 is 0 Å². The van der Waals surface area contributed by atoms with Crippen LogP contribution in [0.1, 0.15) is 12.8 Å². The number of nitrogens with one attached hydrogen (secondary N) is 1. The van der Waals surface area contributed by atoms with E-state index in [9.17, 15) is 4.79 Å². The van der Waals surface area contributed by atoms with Crippen molar-refractivity contribution in [2.24, 2.45) is 7.05 Å². The summed E-state index contributed by atoms with van der Waals surface area (Å²) in [5.74, 6) is 0.826. The smallest absolute Gasteiger partial charge is 0.407 e. The number of aryl methyl sites for hydroxylation is 1. The summed E-state index contributed by atoms with van der Waals surface area (Å²) in [5, 5.41) is 13.6. The fourth-order valence-electron chi connectivity index (χ4n) is 2.81. The third-order valence-electron chi connectivity index (χ3n) is 3.82. The number of hydrogen-bond donors (Lipinski definition) is 2. The van der Waals surface area contributed by atoms with Crippen molar-refractivity contribution in [2.75, 3.05) is 18.4 Å². The first-order valence-corrected chi connectivity index (χ1v) is 6.79. The Kier molecular flexibility index (Phi) is 3.22. The number of piperidine rings is 1. The highest BCUT2D eigenvalue weighted by Crippen LogP contribution is 2.23. The van der Waals surface area contributed by atoms with Gasteiger partial charge in [-0.25, -0.2) is 9.78 Å². The standard InChI is InChI=1S/C14H18N4O2/c1-17-8-5-10-4-6-15-13(12(10)17)16-11-3-2-7-18(9-11)14(19)20/h4-6,8,11H,2-3,7,9H2,1H3,(H,15,16)(H,19,20)/t11-/m1/s1. The summed E-state index contributed by atoms with van der Waals surface area (Å²) < 4.78 is 2.03. The average molecular weight is 274 g/mol. The minimum absolute atomic E-state index is 0.118. The van der Waals surface area contributed by atoms with E-state index >= 15 is 0 Å². The van der Waals surface area contributed by atoms with Gasteiger partial charge in [0.15, 0.2) is 5.82 Å². The molecule has 6 nitrogen and oxygen atoms in total. The molecule has 1 amide bonds. The number of amides is 1. The molecule has 0 bridgehead atoms. The summed E-state index contributed by atoms with van der Waals surface area (Å²) in [6.45, 7) is 1.13. The fraction of sp³-hybridized carbons (Fsp3) is 0.429. The van der Waals surface area contributed by atoms with Crippen LogP contribution in [0.15, 0.2) is 24.5 Å². The Bertz CT molecular complexity index is 637. The maximum atomic E-state index is 11.1. The van der Waals surface area contributed by atoms with Crippen molar-refractivity contribution in [3.8, 4) is 0 Å². The van der Waals surface area contributed by atoms with Crippen LogP contribution in [0.4, 0.5) is 10.6 Å². The number of carboxylic acid groups (broad SMARTS) is 1. The molecule has 3 heterocycles. The third kappa shape index (κ3) is 2.29. The lowest BCUT2D eigenvalue weighted by Crippen LogP contribution is -2.44. The van der Waals surface area contributed by atoms with Crippen LogP contribution in [0, 0.1) is 0 Å². The van der Waals surface area contributed by atoms with Gasteiger partial charge in [0.05, 0.1) is 5.52 Å². The molecule has 0 spiro atoms. The number of nitrogens with zero attached hydrogens (tertiary/aromatic N) is 3. The van der Waals surface area contributed by atoms with Crippen molar-refractivity contribution in [3.05, 3.63) is 24.5 Å². The van der Waals surface area contributed by atoms with E-state index in [1.54, 1.807) is 6.20 Å². The lowest BCUT2D eigenvalue weighted by atomic mass is 10.1. The van der Waals surface area contributed by atoms with Gasteiger partial charge < -0.3 is 19.9 Å². The van der Waals surface area contributed by atoms with Crippen molar-refractivity contribution in [1.82, 2.24) is 14.5 Å². The van der Waals surface area contributed by atoms with E-state index in [1.165, 1.54) is 4.90 Å². The van der Waals surface area contributed by atoms with Gasteiger partial charge in [-0.1, -0.05) is 0 Å². The first kappa shape index (κ1) is 12.8. The molecular weight excluding hydrogens is 256 g/mol. The van der Waals surface area contributed by atoms with Crippen molar-refractivity contribution in [1.29, 1.82) is 0 Å². The number of hydrogen-bond acceptors (Lipinski definition) is 3. The van der Waals surface area contributed by atoms with E-state index in [0.29, 0.717) is 13.1 Å². The Morgan fingerprint density at radius 2 is 2.35 bits per heavy atom. The van der Waals surface area contributed by atoms with E-state index in [4.69, 9.17) is 5.11 Å². The lowest BCUT2D eigenvalue weighted by Gasteiger charge is -2.31. The highest BCUT2D eigenvalue weighted by atomic mass is 16.4. The molecule has 0 aromatic carbocycles. The zero-order chi connectivity index (χ0) is 14.1. The highest BCUT2D eigenvalue weighted by Gasteiger charge is 2.23. The minimum atomic E-state index is -0.846. The second-order valence-electron chi connectivity index (χ2n) is 5.24. The molecule has 20 heavy (non-hydrogen) atoms. The Balaban J connectivity index is 1.82. The van der Waals surface area contributed by atoms with Gasteiger partial charge in [-0.05, 0) is 25.0 Å².